The van der Waals surface area contributed by atoms with Crippen LogP contribution in [0, 0.1) is 5.41 Å². The number of carbonyl (C=O) groups excluding carboxylic acids is 2. The van der Waals surface area contributed by atoms with Gasteiger partial charge in [0.2, 0.25) is 5.91 Å². The van der Waals surface area contributed by atoms with Crippen molar-refractivity contribution in [3.63, 3.8) is 0 Å². The van der Waals surface area contributed by atoms with E-state index >= 15 is 0 Å². The van der Waals surface area contributed by atoms with Crippen molar-refractivity contribution >= 4 is 28.7 Å². The van der Waals surface area contributed by atoms with Crippen molar-refractivity contribution in [1.82, 2.24) is 24.6 Å². The zero-order valence-corrected chi connectivity index (χ0v) is 19.6. The maximum atomic E-state index is 12.9. The first-order valence-corrected chi connectivity index (χ1v) is 11.7. The van der Waals surface area contributed by atoms with Crippen LogP contribution in [0.3, 0.4) is 0 Å². The van der Waals surface area contributed by atoms with Gasteiger partial charge in [-0.3, -0.25) is 14.4 Å². The normalized spacial score (nSPS) is 16.7. The molecular formula is C24H30N6O4. The number of hydrogen-bond acceptors (Lipinski definition) is 6. The molecule has 0 spiro atoms. The summed E-state index contributed by atoms with van der Waals surface area (Å²) >= 11 is 0. The second-order valence-corrected chi connectivity index (χ2v) is 9.37. The summed E-state index contributed by atoms with van der Waals surface area (Å²) in [4.78, 5) is 31.9. The summed E-state index contributed by atoms with van der Waals surface area (Å²) in [5.41, 5.74) is 3.60. The van der Waals surface area contributed by atoms with Crippen LogP contribution in [0.5, 0.6) is 0 Å². The van der Waals surface area contributed by atoms with Gasteiger partial charge in [-0.05, 0) is 31.0 Å². The number of fused-ring (bicyclic) bond motifs is 3. The molecule has 0 bridgehead atoms. The fourth-order valence-corrected chi connectivity index (χ4v) is 4.70. The van der Waals surface area contributed by atoms with Crippen LogP contribution in [0.15, 0.2) is 30.6 Å². The van der Waals surface area contributed by atoms with E-state index in [1.807, 2.05) is 33.6 Å². The summed E-state index contributed by atoms with van der Waals surface area (Å²) in [6, 6.07) is 5.78. The summed E-state index contributed by atoms with van der Waals surface area (Å²) in [6.07, 6.45) is 5.57. The summed E-state index contributed by atoms with van der Waals surface area (Å²) in [5, 5.41) is 7.35. The Labute approximate surface area is 197 Å². The first kappa shape index (κ1) is 22.4. The Kier molecular flexibility index (Phi) is 5.99. The summed E-state index contributed by atoms with van der Waals surface area (Å²) in [5.74, 6) is 0.768. The Bertz CT molecular complexity index is 1200. The molecule has 0 unspecified atom stereocenters. The Morgan fingerprint density at radius 2 is 2.15 bits per heavy atom. The molecule has 0 saturated carbocycles. The molecule has 1 aromatic carbocycles. The van der Waals surface area contributed by atoms with E-state index in [-0.39, 0.29) is 24.0 Å². The summed E-state index contributed by atoms with van der Waals surface area (Å²) in [6.45, 7) is 5.48. The number of ether oxygens (including phenoxy) is 2. The lowest BCUT2D eigenvalue weighted by molar-refractivity contribution is -0.127. The molecule has 2 amide bonds. The van der Waals surface area contributed by atoms with Crippen molar-refractivity contribution in [3.8, 4) is 0 Å². The van der Waals surface area contributed by atoms with Crippen molar-refractivity contribution in [2.45, 2.75) is 39.3 Å². The van der Waals surface area contributed by atoms with E-state index in [2.05, 4.69) is 17.3 Å². The van der Waals surface area contributed by atoms with Crippen LogP contribution < -0.4 is 10.2 Å². The number of benzene rings is 1. The SMILES string of the molecule is COC(=O)N1CCCc2c1ccc1c2nc(CCn2cccn2)n1CC(=O)NCC1(C)COC1. The monoisotopic (exact) mass is 466 g/mol. The number of imidazole rings is 1. The molecule has 10 heteroatoms. The lowest BCUT2D eigenvalue weighted by Crippen LogP contribution is -2.49. The van der Waals surface area contributed by atoms with Crippen molar-refractivity contribution < 1.29 is 19.1 Å². The number of nitrogens with zero attached hydrogens (tertiary/aromatic N) is 5. The van der Waals surface area contributed by atoms with Crippen LogP contribution in [0.25, 0.3) is 11.0 Å². The Morgan fingerprint density at radius 1 is 1.29 bits per heavy atom. The van der Waals surface area contributed by atoms with Crippen LogP contribution in [0.1, 0.15) is 24.7 Å². The molecule has 2 aromatic heterocycles. The maximum Gasteiger partial charge on any atom is 0.414 e. The van der Waals surface area contributed by atoms with E-state index in [9.17, 15) is 9.59 Å². The van der Waals surface area contributed by atoms with Gasteiger partial charge in [0.15, 0.2) is 0 Å². The summed E-state index contributed by atoms with van der Waals surface area (Å²) in [7, 11) is 1.39. The highest BCUT2D eigenvalue weighted by Gasteiger charge is 2.33. The van der Waals surface area contributed by atoms with Crippen LogP contribution >= 0.6 is 0 Å². The number of hydrogen-bond donors (Lipinski definition) is 1. The van der Waals surface area contributed by atoms with Gasteiger partial charge in [0.25, 0.3) is 0 Å². The Balaban J connectivity index is 1.47. The zero-order valence-electron chi connectivity index (χ0n) is 19.6. The van der Waals surface area contributed by atoms with Gasteiger partial charge < -0.3 is 19.4 Å². The van der Waals surface area contributed by atoms with Gasteiger partial charge in [0, 0.05) is 49.4 Å². The number of aryl methyl sites for hydroxylation is 3. The first-order valence-electron chi connectivity index (χ1n) is 11.7. The maximum absolute atomic E-state index is 12.9. The number of rotatable bonds is 7. The lowest BCUT2D eigenvalue weighted by atomic mass is 9.89. The topological polar surface area (TPSA) is 104 Å². The molecule has 1 saturated heterocycles. The van der Waals surface area contributed by atoms with E-state index in [1.54, 1.807) is 11.1 Å². The van der Waals surface area contributed by atoms with Crippen LogP contribution in [0.2, 0.25) is 0 Å². The van der Waals surface area contributed by atoms with Gasteiger partial charge in [-0.1, -0.05) is 6.92 Å². The highest BCUT2D eigenvalue weighted by molar-refractivity contribution is 5.95. The third-order valence-corrected chi connectivity index (χ3v) is 6.61. The Hall–Kier alpha value is -3.40. The van der Waals surface area contributed by atoms with E-state index in [0.717, 1.165) is 41.0 Å². The highest BCUT2D eigenvalue weighted by atomic mass is 16.5. The molecule has 4 heterocycles. The number of anilines is 1. The second kappa shape index (κ2) is 9.09. The van der Waals surface area contributed by atoms with Crippen LogP contribution in [-0.4, -0.2) is 64.7 Å². The number of amides is 2. The van der Waals surface area contributed by atoms with E-state index in [4.69, 9.17) is 14.5 Å². The van der Waals surface area contributed by atoms with Crippen molar-refractivity contribution in [1.29, 1.82) is 0 Å². The van der Waals surface area contributed by atoms with Crippen LogP contribution in [0.4, 0.5) is 10.5 Å². The predicted molar refractivity (Wildman–Crippen MR) is 126 cm³/mol. The van der Waals surface area contributed by atoms with Crippen molar-refractivity contribution in [2.24, 2.45) is 5.41 Å². The molecule has 34 heavy (non-hydrogen) atoms. The fraction of sp³-hybridized carbons (Fsp3) is 0.500. The van der Waals surface area contributed by atoms with E-state index < -0.39 is 0 Å². The van der Waals surface area contributed by atoms with Crippen LogP contribution in [-0.2, 0) is 40.2 Å². The van der Waals surface area contributed by atoms with E-state index in [1.165, 1.54) is 7.11 Å². The van der Waals surface area contributed by atoms with Gasteiger partial charge in [-0.25, -0.2) is 9.78 Å². The molecular weight excluding hydrogens is 436 g/mol. The average Bonchev–Trinajstić information content (AvgIpc) is 3.47. The second-order valence-electron chi connectivity index (χ2n) is 9.37. The summed E-state index contributed by atoms with van der Waals surface area (Å²) < 4.78 is 14.1. The molecule has 10 nitrogen and oxygen atoms in total. The smallest absolute Gasteiger partial charge is 0.414 e. The quantitative estimate of drug-likeness (QED) is 0.572. The largest absolute Gasteiger partial charge is 0.452 e. The number of carbonyl (C=O) groups is 2. The first-order chi connectivity index (χ1) is 16.5. The lowest BCUT2D eigenvalue weighted by Gasteiger charge is -2.38. The average molecular weight is 467 g/mol. The van der Waals surface area contributed by atoms with Gasteiger partial charge in [0.1, 0.15) is 12.4 Å². The number of methoxy groups -OCH3 is 1. The van der Waals surface area contributed by atoms with Crippen molar-refractivity contribution in [2.75, 3.05) is 38.3 Å². The van der Waals surface area contributed by atoms with Gasteiger partial charge in [-0.2, -0.15) is 5.10 Å². The molecule has 1 fully saturated rings. The minimum atomic E-state index is -0.369. The van der Waals surface area contributed by atoms with Gasteiger partial charge in [-0.15, -0.1) is 0 Å². The van der Waals surface area contributed by atoms with Crippen molar-refractivity contribution in [3.05, 3.63) is 42.0 Å². The molecule has 1 N–H and O–H groups in total. The standard InChI is InChI=1S/C24H30N6O4/c1-24(15-34-16-24)14-25-21(31)13-30-19-7-6-18-17(5-3-11-29(18)23(32)33-2)22(19)27-20(30)8-12-28-10-4-9-26-28/h4,6-7,9-10H,3,5,8,11-16H2,1-2H3,(H,25,31). The highest BCUT2D eigenvalue weighted by Crippen LogP contribution is 2.34. The molecule has 2 aliphatic heterocycles. The molecule has 2 aliphatic rings. The van der Waals surface area contributed by atoms with Gasteiger partial charge in [0.05, 0.1) is 37.0 Å². The van der Waals surface area contributed by atoms with Gasteiger partial charge >= 0.3 is 6.09 Å². The minimum Gasteiger partial charge on any atom is -0.452 e. The zero-order chi connectivity index (χ0) is 23.7. The third kappa shape index (κ3) is 4.25. The molecule has 5 rings (SSSR count). The third-order valence-electron chi connectivity index (χ3n) is 6.61. The Morgan fingerprint density at radius 3 is 2.85 bits per heavy atom. The number of nitrogens with one attached hydrogen (secondary N) is 1. The van der Waals surface area contributed by atoms with E-state index in [0.29, 0.717) is 39.3 Å². The fourth-order valence-electron chi connectivity index (χ4n) is 4.70. The molecule has 3 aromatic rings. The minimum absolute atomic E-state index is 0.00596. The predicted octanol–water partition coefficient (Wildman–Crippen LogP) is 2.15. The molecule has 0 aliphatic carbocycles. The molecule has 180 valence electrons. The number of aromatic nitrogens is 4. The molecule has 0 atom stereocenters. The molecule has 0 radical (unpaired) electrons.